The monoisotopic (exact) mass is 355 g/mol. The highest BCUT2D eigenvalue weighted by Crippen LogP contribution is 2.42. The van der Waals surface area contributed by atoms with Crippen molar-refractivity contribution in [1.82, 2.24) is 0 Å². The number of rotatable bonds is 5. The lowest BCUT2D eigenvalue weighted by atomic mass is 9.77. The van der Waals surface area contributed by atoms with Crippen molar-refractivity contribution in [3.05, 3.63) is 22.2 Å². The van der Waals surface area contributed by atoms with E-state index >= 15 is 0 Å². The van der Waals surface area contributed by atoms with Crippen molar-refractivity contribution in [3.63, 3.8) is 0 Å². The van der Waals surface area contributed by atoms with Gasteiger partial charge in [-0.2, -0.15) is 0 Å². The van der Waals surface area contributed by atoms with Gasteiger partial charge in [0, 0.05) is 24.4 Å². The van der Waals surface area contributed by atoms with Gasteiger partial charge in [-0.15, -0.1) is 0 Å². The molecule has 21 heavy (non-hydrogen) atoms. The number of methoxy groups -OCH3 is 2. The summed E-state index contributed by atoms with van der Waals surface area (Å²) in [4.78, 5) is 0. The van der Waals surface area contributed by atoms with Gasteiger partial charge in [0.2, 0.25) is 0 Å². The van der Waals surface area contributed by atoms with Crippen LogP contribution in [-0.2, 0) is 4.74 Å². The number of benzene rings is 1. The van der Waals surface area contributed by atoms with E-state index in [1.54, 1.807) is 14.2 Å². The summed E-state index contributed by atoms with van der Waals surface area (Å²) in [5.41, 5.74) is 8.03. The number of anilines is 1. The molecular formula is C17H26BrNO2. The molecule has 1 fully saturated rings. The quantitative estimate of drug-likeness (QED) is 0.760. The van der Waals surface area contributed by atoms with E-state index < -0.39 is 0 Å². The molecular weight excluding hydrogens is 330 g/mol. The molecule has 2 rings (SSSR count). The fraction of sp³-hybridized carbons (Fsp3) is 0.647. The summed E-state index contributed by atoms with van der Waals surface area (Å²) in [5, 5.41) is 0. The van der Waals surface area contributed by atoms with Gasteiger partial charge in [-0.1, -0.05) is 39.0 Å². The topological polar surface area (TPSA) is 44.5 Å². The summed E-state index contributed by atoms with van der Waals surface area (Å²) in [6, 6.07) is 3.92. The molecule has 0 spiro atoms. The Labute approximate surface area is 136 Å². The van der Waals surface area contributed by atoms with Crippen LogP contribution in [0.15, 0.2) is 16.6 Å². The number of hydrogen-bond donors (Lipinski definition) is 1. The van der Waals surface area contributed by atoms with Crippen LogP contribution in [0.3, 0.4) is 0 Å². The van der Waals surface area contributed by atoms with Gasteiger partial charge in [-0.05, 0) is 33.8 Å². The minimum Gasteiger partial charge on any atom is -0.495 e. The van der Waals surface area contributed by atoms with E-state index in [-0.39, 0.29) is 6.10 Å². The highest BCUT2D eigenvalue weighted by molar-refractivity contribution is 9.10. The summed E-state index contributed by atoms with van der Waals surface area (Å²) in [6.07, 6.45) is 6.70. The molecule has 0 bridgehead atoms. The molecule has 3 nitrogen and oxygen atoms in total. The molecule has 0 saturated heterocycles. The Balaban J connectivity index is 2.25. The highest BCUT2D eigenvalue weighted by Gasteiger charge is 2.29. The Morgan fingerprint density at radius 1 is 1.19 bits per heavy atom. The van der Waals surface area contributed by atoms with Crippen LogP contribution in [0.1, 0.15) is 50.7 Å². The largest absolute Gasteiger partial charge is 0.495 e. The molecule has 118 valence electrons. The summed E-state index contributed by atoms with van der Waals surface area (Å²) in [5.74, 6) is 1.96. The van der Waals surface area contributed by atoms with Gasteiger partial charge in [0.25, 0.3) is 0 Å². The zero-order chi connectivity index (χ0) is 15.4. The molecule has 0 aliphatic heterocycles. The lowest BCUT2D eigenvalue weighted by Crippen LogP contribution is -2.23. The number of ether oxygens (including phenoxy) is 2. The second kappa shape index (κ2) is 7.50. The van der Waals surface area contributed by atoms with E-state index in [2.05, 4.69) is 22.9 Å². The second-order valence-electron chi connectivity index (χ2n) is 6.03. The molecule has 2 atom stereocenters. The van der Waals surface area contributed by atoms with Crippen LogP contribution < -0.4 is 10.5 Å². The summed E-state index contributed by atoms with van der Waals surface area (Å²) < 4.78 is 12.0. The standard InChI is InChI=1S/C17H26BrNO2/c1-11(12-7-5-4-6-8-12)17(21-3)13-9-14(18)16(20-2)10-15(13)19/h9-12,17H,4-8,19H2,1-3H3. The molecule has 0 aromatic heterocycles. The van der Waals surface area contributed by atoms with E-state index in [9.17, 15) is 0 Å². The lowest BCUT2D eigenvalue weighted by molar-refractivity contribution is 0.0251. The van der Waals surface area contributed by atoms with E-state index in [0.717, 1.165) is 27.4 Å². The van der Waals surface area contributed by atoms with Crippen LogP contribution in [0.5, 0.6) is 5.75 Å². The summed E-state index contributed by atoms with van der Waals surface area (Å²) in [7, 11) is 3.43. The predicted octanol–water partition coefficient (Wildman–Crippen LogP) is 4.94. The van der Waals surface area contributed by atoms with Crippen molar-refractivity contribution < 1.29 is 9.47 Å². The Morgan fingerprint density at radius 3 is 2.43 bits per heavy atom. The van der Waals surface area contributed by atoms with Crippen LogP contribution in [0.25, 0.3) is 0 Å². The van der Waals surface area contributed by atoms with Crippen LogP contribution in [0.4, 0.5) is 5.69 Å². The highest BCUT2D eigenvalue weighted by atomic mass is 79.9. The normalized spacial score (nSPS) is 19.2. The van der Waals surface area contributed by atoms with Crippen molar-refractivity contribution in [2.24, 2.45) is 11.8 Å². The van der Waals surface area contributed by atoms with Crippen molar-refractivity contribution in [2.45, 2.75) is 45.1 Å². The Bertz CT molecular complexity index is 472. The maximum Gasteiger partial charge on any atom is 0.135 e. The Morgan fingerprint density at radius 2 is 1.86 bits per heavy atom. The average Bonchev–Trinajstić information content (AvgIpc) is 2.51. The van der Waals surface area contributed by atoms with Gasteiger partial charge in [0.15, 0.2) is 0 Å². The zero-order valence-electron chi connectivity index (χ0n) is 13.2. The fourth-order valence-electron chi connectivity index (χ4n) is 3.52. The smallest absolute Gasteiger partial charge is 0.135 e. The van der Waals surface area contributed by atoms with Gasteiger partial charge < -0.3 is 15.2 Å². The van der Waals surface area contributed by atoms with Crippen LogP contribution in [0, 0.1) is 11.8 Å². The van der Waals surface area contributed by atoms with Gasteiger partial charge in [0.1, 0.15) is 5.75 Å². The third-order valence-corrected chi connectivity index (χ3v) is 5.41. The van der Waals surface area contributed by atoms with Gasteiger partial charge in [-0.25, -0.2) is 0 Å². The molecule has 0 radical (unpaired) electrons. The maximum atomic E-state index is 6.23. The second-order valence-corrected chi connectivity index (χ2v) is 6.88. The first-order valence-corrected chi connectivity index (χ1v) is 8.53. The van der Waals surface area contributed by atoms with Crippen LogP contribution in [-0.4, -0.2) is 14.2 Å². The average molecular weight is 356 g/mol. The number of halogens is 1. The molecule has 1 aliphatic rings. The van der Waals surface area contributed by atoms with Crippen molar-refractivity contribution in [1.29, 1.82) is 0 Å². The molecule has 1 aliphatic carbocycles. The van der Waals surface area contributed by atoms with Gasteiger partial charge >= 0.3 is 0 Å². The van der Waals surface area contributed by atoms with Gasteiger partial charge in [0.05, 0.1) is 17.7 Å². The first-order chi connectivity index (χ1) is 10.1. The van der Waals surface area contributed by atoms with Crippen LogP contribution >= 0.6 is 15.9 Å². The first kappa shape index (κ1) is 16.6. The lowest BCUT2D eigenvalue weighted by Gasteiger charge is -2.33. The molecule has 1 aromatic rings. The molecule has 2 unspecified atom stereocenters. The minimum atomic E-state index is 0.0373. The molecule has 4 heteroatoms. The maximum absolute atomic E-state index is 6.23. The zero-order valence-corrected chi connectivity index (χ0v) is 14.8. The molecule has 2 N–H and O–H groups in total. The predicted molar refractivity (Wildman–Crippen MR) is 90.6 cm³/mol. The van der Waals surface area contributed by atoms with Gasteiger partial charge in [-0.3, -0.25) is 0 Å². The number of nitrogens with two attached hydrogens (primary N) is 1. The number of hydrogen-bond acceptors (Lipinski definition) is 3. The first-order valence-electron chi connectivity index (χ1n) is 7.74. The number of nitrogen functional groups attached to an aromatic ring is 1. The summed E-state index contributed by atoms with van der Waals surface area (Å²) in [6.45, 7) is 2.29. The molecule has 1 aromatic carbocycles. The molecule has 0 heterocycles. The van der Waals surface area contributed by atoms with Crippen molar-refractivity contribution in [3.8, 4) is 5.75 Å². The molecule has 1 saturated carbocycles. The Kier molecular flexibility index (Phi) is 5.94. The van der Waals surface area contributed by atoms with E-state index in [4.69, 9.17) is 15.2 Å². The van der Waals surface area contributed by atoms with E-state index in [1.165, 1.54) is 32.1 Å². The van der Waals surface area contributed by atoms with E-state index in [0.29, 0.717) is 5.92 Å². The third-order valence-electron chi connectivity index (χ3n) is 4.79. The SMILES string of the molecule is COc1cc(N)c(C(OC)C(C)C2CCCCC2)cc1Br. The summed E-state index contributed by atoms with van der Waals surface area (Å²) >= 11 is 3.55. The minimum absolute atomic E-state index is 0.0373. The molecule has 0 amide bonds. The Hall–Kier alpha value is -0.740. The van der Waals surface area contributed by atoms with Crippen LogP contribution in [0.2, 0.25) is 0 Å². The third kappa shape index (κ3) is 3.72. The van der Waals surface area contributed by atoms with Crippen molar-refractivity contribution >= 4 is 21.6 Å². The van der Waals surface area contributed by atoms with E-state index in [1.807, 2.05) is 12.1 Å². The fourth-order valence-corrected chi connectivity index (χ4v) is 4.04. The van der Waals surface area contributed by atoms with Crippen molar-refractivity contribution in [2.75, 3.05) is 20.0 Å².